The second kappa shape index (κ2) is 12.7. The van der Waals surface area contributed by atoms with Gasteiger partial charge < -0.3 is 29.2 Å². The molecule has 4 aliphatic rings. The summed E-state index contributed by atoms with van der Waals surface area (Å²) in [7, 11) is 2.90. The van der Waals surface area contributed by atoms with E-state index in [1.165, 1.54) is 12.0 Å². The highest BCUT2D eigenvalue weighted by molar-refractivity contribution is 5.91. The standard InChI is InChI=1S/C35H46N4O7/c1-19-27-18-39(28(19)33(41)44-6)32(40)30(35(2,3)4)38-34(42)46-29-21-13-12-20(16-21)23(29)10-8-7-9-11-25-31(45-27)37-26-17-22(43-5)14-15-24(26)36-25/h9,11,14-15,17,19-21,23,27-30H,7-8,10,12-13,16,18H2,1-6H3,(H,38,42). The number of carbonyl (C=O) groups excluding carboxylic acids is 3. The van der Waals surface area contributed by atoms with Gasteiger partial charge in [-0.2, -0.15) is 0 Å². The second-order valence-corrected chi connectivity index (χ2v) is 14.4. The molecule has 11 heteroatoms. The SMILES string of the molecule is COC(=O)C1C(C)C2CN1C(=O)C(C(C)(C)C)NC(=O)OC1C3CCC(C3)C1CCCC=Cc1nc3ccc(OC)cc3nc1O2. The highest BCUT2D eigenvalue weighted by Gasteiger charge is 2.52. The lowest BCUT2D eigenvalue weighted by Crippen LogP contribution is -2.57. The topological polar surface area (TPSA) is 129 Å². The second-order valence-electron chi connectivity index (χ2n) is 14.4. The number of ether oxygens (including phenoxy) is 4. The van der Waals surface area contributed by atoms with E-state index in [4.69, 9.17) is 28.9 Å². The monoisotopic (exact) mass is 634 g/mol. The number of amides is 2. The van der Waals surface area contributed by atoms with Gasteiger partial charge in [0, 0.05) is 12.0 Å². The number of benzene rings is 1. The molecule has 8 unspecified atom stereocenters. The van der Waals surface area contributed by atoms with Crippen LogP contribution in [0.2, 0.25) is 0 Å². The van der Waals surface area contributed by atoms with Gasteiger partial charge >= 0.3 is 12.1 Å². The third kappa shape index (κ3) is 6.12. The molecule has 3 heterocycles. The van der Waals surface area contributed by atoms with Crippen molar-refractivity contribution in [2.75, 3.05) is 20.8 Å². The zero-order chi connectivity index (χ0) is 32.7. The van der Waals surface area contributed by atoms with E-state index in [9.17, 15) is 14.4 Å². The minimum Gasteiger partial charge on any atom is -0.497 e. The first-order valence-corrected chi connectivity index (χ1v) is 16.5. The molecule has 0 radical (unpaired) electrons. The van der Waals surface area contributed by atoms with E-state index in [1.807, 2.05) is 45.9 Å². The van der Waals surface area contributed by atoms with Crippen LogP contribution in [0, 0.1) is 29.1 Å². The molecule has 0 spiro atoms. The van der Waals surface area contributed by atoms with Crippen molar-refractivity contribution < 1.29 is 33.3 Å². The fourth-order valence-corrected chi connectivity index (χ4v) is 7.99. The van der Waals surface area contributed by atoms with E-state index in [2.05, 4.69) is 11.4 Å². The largest absolute Gasteiger partial charge is 0.497 e. The van der Waals surface area contributed by atoms with Gasteiger partial charge in [-0.1, -0.05) is 33.8 Å². The van der Waals surface area contributed by atoms with Crippen LogP contribution >= 0.6 is 0 Å². The number of methoxy groups -OCH3 is 2. The summed E-state index contributed by atoms with van der Waals surface area (Å²) in [5, 5.41) is 2.91. The molecule has 1 saturated heterocycles. The van der Waals surface area contributed by atoms with Crippen LogP contribution in [-0.2, 0) is 19.1 Å². The first kappa shape index (κ1) is 32.1. The Labute approximate surface area is 270 Å². The summed E-state index contributed by atoms with van der Waals surface area (Å²) in [5.74, 6) is 0.761. The Hall–Kier alpha value is -3.89. The fourth-order valence-electron chi connectivity index (χ4n) is 7.99. The van der Waals surface area contributed by atoms with Gasteiger partial charge in [-0.15, -0.1) is 0 Å². The minimum absolute atomic E-state index is 0.0957. The number of allylic oxidation sites excluding steroid dienone is 1. The van der Waals surface area contributed by atoms with Crippen LogP contribution in [0.5, 0.6) is 11.6 Å². The lowest BCUT2D eigenvalue weighted by atomic mass is 9.83. The summed E-state index contributed by atoms with van der Waals surface area (Å²) in [6.07, 6.45) is 8.69. The Morgan fingerprint density at radius 2 is 1.83 bits per heavy atom. The van der Waals surface area contributed by atoms with Crippen molar-refractivity contribution in [2.45, 2.75) is 90.5 Å². The molecule has 8 atom stereocenters. The fraction of sp³-hybridized carbons (Fsp3) is 0.629. The van der Waals surface area contributed by atoms with E-state index in [0.717, 1.165) is 38.5 Å². The third-order valence-corrected chi connectivity index (χ3v) is 10.5. The summed E-state index contributed by atoms with van der Waals surface area (Å²) in [6, 6.07) is 3.64. The number of rotatable bonds is 2. The smallest absolute Gasteiger partial charge is 0.408 e. The molecule has 2 aliphatic heterocycles. The normalized spacial score (nSPS) is 31.7. The Balaban J connectivity index is 1.40. The maximum absolute atomic E-state index is 14.4. The van der Waals surface area contributed by atoms with Crippen LogP contribution in [0.15, 0.2) is 24.3 Å². The van der Waals surface area contributed by atoms with Gasteiger partial charge in [0.05, 0.1) is 31.8 Å². The van der Waals surface area contributed by atoms with E-state index < -0.39 is 47.5 Å². The first-order chi connectivity index (χ1) is 22.0. The van der Waals surface area contributed by atoms with Crippen molar-refractivity contribution in [3.05, 3.63) is 30.0 Å². The molecular weight excluding hydrogens is 588 g/mol. The quantitative estimate of drug-likeness (QED) is 0.446. The van der Waals surface area contributed by atoms with Gasteiger partial charge in [0.25, 0.3) is 0 Å². The summed E-state index contributed by atoms with van der Waals surface area (Å²) in [6.45, 7) is 7.62. The molecule has 1 aromatic carbocycles. The Kier molecular flexibility index (Phi) is 8.87. The minimum atomic E-state index is -0.944. The number of fused-ring (bicyclic) bond motifs is 9. The predicted octanol–water partition coefficient (Wildman–Crippen LogP) is 5.16. The molecule has 3 fully saturated rings. The maximum Gasteiger partial charge on any atom is 0.408 e. The zero-order valence-corrected chi connectivity index (χ0v) is 27.7. The molecule has 2 saturated carbocycles. The molecule has 248 valence electrons. The van der Waals surface area contributed by atoms with Crippen molar-refractivity contribution in [2.24, 2.45) is 29.1 Å². The van der Waals surface area contributed by atoms with Crippen LogP contribution in [-0.4, -0.2) is 77.9 Å². The van der Waals surface area contributed by atoms with E-state index in [0.29, 0.717) is 46.1 Å². The van der Waals surface area contributed by atoms with Crippen LogP contribution in [0.3, 0.4) is 0 Å². The number of esters is 1. The molecular formula is C35H46N4O7. The average Bonchev–Trinajstić information content (AvgIpc) is 3.72. The van der Waals surface area contributed by atoms with E-state index in [-0.39, 0.29) is 12.6 Å². The van der Waals surface area contributed by atoms with Crippen molar-refractivity contribution >= 4 is 35.1 Å². The number of aromatic nitrogens is 2. The molecule has 2 aromatic rings. The highest BCUT2D eigenvalue weighted by atomic mass is 16.6. The Bertz CT molecular complexity index is 1520. The van der Waals surface area contributed by atoms with Gasteiger partial charge in [0.1, 0.15) is 35.7 Å². The van der Waals surface area contributed by atoms with Crippen molar-refractivity contribution in [3.8, 4) is 11.6 Å². The van der Waals surface area contributed by atoms with E-state index >= 15 is 0 Å². The number of nitrogens with zero attached hydrogens (tertiary/aromatic N) is 3. The molecule has 1 aromatic heterocycles. The van der Waals surface area contributed by atoms with Gasteiger partial charge in [0.15, 0.2) is 0 Å². The molecule has 4 bridgehead atoms. The summed E-state index contributed by atoms with van der Waals surface area (Å²) in [4.78, 5) is 52.2. The van der Waals surface area contributed by atoms with Gasteiger partial charge in [-0.3, -0.25) is 4.79 Å². The number of alkyl carbamates (subject to hydrolysis) is 1. The molecule has 2 aliphatic carbocycles. The average molecular weight is 635 g/mol. The van der Waals surface area contributed by atoms with Crippen LogP contribution < -0.4 is 14.8 Å². The van der Waals surface area contributed by atoms with Crippen LogP contribution in [0.1, 0.15) is 71.9 Å². The van der Waals surface area contributed by atoms with Crippen molar-refractivity contribution in [3.63, 3.8) is 0 Å². The van der Waals surface area contributed by atoms with Crippen LogP contribution in [0.25, 0.3) is 17.1 Å². The number of nitrogens with one attached hydrogen (secondary N) is 1. The van der Waals surface area contributed by atoms with Crippen molar-refractivity contribution in [1.29, 1.82) is 0 Å². The molecule has 11 nitrogen and oxygen atoms in total. The van der Waals surface area contributed by atoms with Crippen LogP contribution in [0.4, 0.5) is 4.79 Å². The lowest BCUT2D eigenvalue weighted by molar-refractivity contribution is -0.153. The molecule has 6 rings (SSSR count). The van der Waals surface area contributed by atoms with Gasteiger partial charge in [0.2, 0.25) is 11.8 Å². The summed E-state index contributed by atoms with van der Waals surface area (Å²) < 4.78 is 23.3. The van der Waals surface area contributed by atoms with Gasteiger partial charge in [-0.05, 0) is 79.9 Å². The molecule has 1 N–H and O–H groups in total. The molecule has 46 heavy (non-hydrogen) atoms. The maximum atomic E-state index is 14.4. The number of hydrogen-bond acceptors (Lipinski definition) is 9. The predicted molar refractivity (Wildman–Crippen MR) is 171 cm³/mol. The molecule has 2 amide bonds. The van der Waals surface area contributed by atoms with E-state index in [1.54, 1.807) is 13.2 Å². The number of hydrogen-bond donors (Lipinski definition) is 1. The summed E-state index contributed by atoms with van der Waals surface area (Å²) >= 11 is 0. The summed E-state index contributed by atoms with van der Waals surface area (Å²) in [5.41, 5.74) is 1.21. The van der Waals surface area contributed by atoms with Crippen molar-refractivity contribution in [1.82, 2.24) is 20.2 Å². The highest BCUT2D eigenvalue weighted by Crippen LogP contribution is 2.51. The Morgan fingerprint density at radius 3 is 2.57 bits per heavy atom. The Morgan fingerprint density at radius 1 is 1.04 bits per heavy atom. The number of carbonyl (C=O) groups is 3. The zero-order valence-electron chi connectivity index (χ0n) is 27.7. The first-order valence-electron chi connectivity index (χ1n) is 16.5. The lowest BCUT2D eigenvalue weighted by Gasteiger charge is -2.36. The third-order valence-electron chi connectivity index (χ3n) is 10.5. The van der Waals surface area contributed by atoms with Gasteiger partial charge in [-0.25, -0.2) is 19.6 Å².